The summed E-state index contributed by atoms with van der Waals surface area (Å²) in [6, 6.07) is 1.68. The zero-order valence-corrected chi connectivity index (χ0v) is 12.2. The van der Waals surface area contributed by atoms with Crippen molar-refractivity contribution in [1.29, 1.82) is 0 Å². The molecule has 2 atom stereocenters. The molecule has 114 valence electrons. The van der Waals surface area contributed by atoms with Crippen LogP contribution in [0.15, 0.2) is 18.8 Å². The van der Waals surface area contributed by atoms with Crippen LogP contribution in [0.25, 0.3) is 6.08 Å². The van der Waals surface area contributed by atoms with Gasteiger partial charge in [-0.05, 0) is 37.8 Å². The number of esters is 1. The summed E-state index contributed by atoms with van der Waals surface area (Å²) in [6.07, 6.45) is 5.72. The summed E-state index contributed by atoms with van der Waals surface area (Å²) in [5.41, 5.74) is 0.885. The predicted molar refractivity (Wildman–Crippen MR) is 79.2 cm³/mol. The first-order valence-corrected chi connectivity index (χ1v) is 7.30. The number of carbonyl (C=O) groups is 1. The number of aliphatic hydroxyl groups excluding tert-OH is 1. The van der Waals surface area contributed by atoms with Gasteiger partial charge >= 0.3 is 5.97 Å². The van der Waals surface area contributed by atoms with Gasteiger partial charge < -0.3 is 14.6 Å². The van der Waals surface area contributed by atoms with Crippen LogP contribution < -0.4 is 4.74 Å². The number of rotatable bonds is 5. The lowest BCUT2D eigenvalue weighted by atomic mass is 9.95. The lowest BCUT2D eigenvalue weighted by Gasteiger charge is -2.28. The van der Waals surface area contributed by atoms with Gasteiger partial charge in [0, 0.05) is 6.20 Å². The molecule has 1 N–H and O–H groups in total. The average molecular weight is 291 g/mol. The number of carbonyl (C=O) groups excluding carboxylic acids is 1. The first kappa shape index (κ1) is 15.5. The van der Waals surface area contributed by atoms with Gasteiger partial charge in [0.1, 0.15) is 11.7 Å². The molecule has 2 rings (SSSR count). The number of ether oxygens (including phenoxy) is 2. The van der Waals surface area contributed by atoms with Crippen molar-refractivity contribution < 1.29 is 19.4 Å². The first-order valence-electron chi connectivity index (χ1n) is 7.30. The third-order valence-corrected chi connectivity index (χ3v) is 3.58. The fourth-order valence-corrected chi connectivity index (χ4v) is 2.48. The van der Waals surface area contributed by atoms with Gasteiger partial charge in [-0.25, -0.2) is 9.78 Å². The van der Waals surface area contributed by atoms with Crippen molar-refractivity contribution in [2.24, 2.45) is 0 Å². The molecule has 5 nitrogen and oxygen atoms in total. The zero-order valence-electron chi connectivity index (χ0n) is 12.2. The zero-order chi connectivity index (χ0) is 15.2. The molecule has 1 aromatic rings. The van der Waals surface area contributed by atoms with Crippen LogP contribution in [0.5, 0.6) is 5.88 Å². The largest absolute Gasteiger partial charge is 0.471 e. The SMILES string of the molecule is C=Cc1ccnc(O[C@H]2CCCC[C@@H]2O)c1C(=O)OCC. The van der Waals surface area contributed by atoms with E-state index in [9.17, 15) is 9.90 Å². The third kappa shape index (κ3) is 3.61. The molecule has 0 amide bonds. The summed E-state index contributed by atoms with van der Waals surface area (Å²) >= 11 is 0. The summed E-state index contributed by atoms with van der Waals surface area (Å²) in [5.74, 6) is -0.280. The van der Waals surface area contributed by atoms with Gasteiger partial charge in [0.25, 0.3) is 0 Å². The molecule has 0 bridgehead atoms. The molecule has 0 spiro atoms. The normalized spacial score (nSPS) is 21.6. The smallest absolute Gasteiger partial charge is 0.344 e. The molecule has 0 aromatic carbocycles. The molecule has 0 unspecified atom stereocenters. The van der Waals surface area contributed by atoms with E-state index in [1.54, 1.807) is 25.3 Å². The van der Waals surface area contributed by atoms with Gasteiger partial charge in [-0.1, -0.05) is 19.1 Å². The minimum Gasteiger partial charge on any atom is -0.471 e. The van der Waals surface area contributed by atoms with Crippen LogP contribution in [0.1, 0.15) is 48.5 Å². The number of aromatic nitrogens is 1. The standard InChI is InChI=1S/C16H21NO4/c1-3-11-9-10-17-15(14(11)16(19)20-4-2)21-13-8-6-5-7-12(13)18/h3,9-10,12-13,18H,1,4-8H2,2H3/t12-,13-/m0/s1. The predicted octanol–water partition coefficient (Wildman–Crippen LogP) is 2.58. The molecule has 21 heavy (non-hydrogen) atoms. The number of nitrogens with zero attached hydrogens (tertiary/aromatic N) is 1. The van der Waals surface area contributed by atoms with E-state index in [0.717, 1.165) is 19.3 Å². The van der Waals surface area contributed by atoms with Crippen molar-refractivity contribution in [2.45, 2.75) is 44.8 Å². The molecule has 5 heteroatoms. The average Bonchev–Trinajstić information content (AvgIpc) is 2.49. The molecular weight excluding hydrogens is 270 g/mol. The van der Waals surface area contributed by atoms with E-state index in [-0.39, 0.29) is 24.2 Å². The maximum Gasteiger partial charge on any atom is 0.344 e. The van der Waals surface area contributed by atoms with E-state index >= 15 is 0 Å². The van der Waals surface area contributed by atoms with Crippen LogP contribution in [0, 0.1) is 0 Å². The Morgan fingerprint density at radius 1 is 1.52 bits per heavy atom. The summed E-state index contributed by atoms with van der Waals surface area (Å²) in [4.78, 5) is 16.3. The molecule has 1 aromatic heterocycles. The van der Waals surface area contributed by atoms with Crippen molar-refractivity contribution in [1.82, 2.24) is 4.98 Å². The number of pyridine rings is 1. The van der Waals surface area contributed by atoms with Crippen LogP contribution in [0.4, 0.5) is 0 Å². The first-order chi connectivity index (χ1) is 10.2. The van der Waals surface area contributed by atoms with Crippen LogP contribution in [-0.2, 0) is 4.74 Å². The highest BCUT2D eigenvalue weighted by Crippen LogP contribution is 2.27. The lowest BCUT2D eigenvalue weighted by molar-refractivity contribution is 0.00327. The van der Waals surface area contributed by atoms with Crippen molar-refractivity contribution in [3.63, 3.8) is 0 Å². The third-order valence-electron chi connectivity index (χ3n) is 3.58. The Morgan fingerprint density at radius 2 is 2.29 bits per heavy atom. The van der Waals surface area contributed by atoms with E-state index in [0.29, 0.717) is 12.0 Å². The van der Waals surface area contributed by atoms with Crippen LogP contribution in [-0.4, -0.2) is 34.9 Å². The summed E-state index contributed by atoms with van der Waals surface area (Å²) in [6.45, 7) is 5.71. The summed E-state index contributed by atoms with van der Waals surface area (Å²) < 4.78 is 10.9. The Bertz CT molecular complexity index is 515. The van der Waals surface area contributed by atoms with E-state index in [2.05, 4.69) is 11.6 Å². The Labute approximate surface area is 124 Å². The molecule has 1 fully saturated rings. The molecule has 1 heterocycles. The van der Waals surface area contributed by atoms with Gasteiger partial charge in [-0.2, -0.15) is 0 Å². The fraction of sp³-hybridized carbons (Fsp3) is 0.500. The van der Waals surface area contributed by atoms with Gasteiger partial charge in [0.05, 0.1) is 12.7 Å². The van der Waals surface area contributed by atoms with Crippen LogP contribution in [0.2, 0.25) is 0 Å². The molecule has 1 saturated carbocycles. The Kier molecular flexibility index (Phi) is 5.33. The highest BCUT2D eigenvalue weighted by atomic mass is 16.5. The minimum atomic E-state index is -0.525. The van der Waals surface area contributed by atoms with E-state index in [1.165, 1.54) is 0 Å². The van der Waals surface area contributed by atoms with Crippen molar-refractivity contribution in [3.05, 3.63) is 30.0 Å². The highest BCUT2D eigenvalue weighted by molar-refractivity contribution is 5.95. The van der Waals surface area contributed by atoms with Crippen molar-refractivity contribution in [2.75, 3.05) is 6.61 Å². The number of aliphatic hydroxyl groups is 1. The van der Waals surface area contributed by atoms with Crippen LogP contribution in [0.3, 0.4) is 0 Å². The monoisotopic (exact) mass is 291 g/mol. The quantitative estimate of drug-likeness (QED) is 0.844. The van der Waals surface area contributed by atoms with Gasteiger partial charge in [0.2, 0.25) is 5.88 Å². The summed E-state index contributed by atoms with van der Waals surface area (Å²) in [5, 5.41) is 10.0. The van der Waals surface area contributed by atoms with E-state index < -0.39 is 12.1 Å². The Morgan fingerprint density at radius 3 is 2.95 bits per heavy atom. The van der Waals surface area contributed by atoms with Gasteiger partial charge in [-0.3, -0.25) is 0 Å². The van der Waals surface area contributed by atoms with Gasteiger partial charge in [0.15, 0.2) is 0 Å². The van der Waals surface area contributed by atoms with E-state index in [1.807, 2.05) is 0 Å². The molecule has 0 radical (unpaired) electrons. The minimum absolute atomic E-state index is 0.205. The maximum atomic E-state index is 12.1. The molecule has 1 aliphatic rings. The number of hydrogen-bond donors (Lipinski definition) is 1. The van der Waals surface area contributed by atoms with E-state index in [4.69, 9.17) is 9.47 Å². The molecule has 1 aliphatic carbocycles. The Hall–Kier alpha value is -1.88. The fourth-order valence-electron chi connectivity index (χ4n) is 2.48. The molecular formula is C16H21NO4. The second-order valence-electron chi connectivity index (χ2n) is 5.01. The summed E-state index contributed by atoms with van der Waals surface area (Å²) in [7, 11) is 0. The Balaban J connectivity index is 2.29. The second kappa shape index (κ2) is 7.22. The molecule has 0 saturated heterocycles. The van der Waals surface area contributed by atoms with Gasteiger partial charge in [-0.15, -0.1) is 0 Å². The lowest BCUT2D eigenvalue weighted by Crippen LogP contribution is -2.35. The highest BCUT2D eigenvalue weighted by Gasteiger charge is 2.28. The van der Waals surface area contributed by atoms with Crippen LogP contribution >= 0.6 is 0 Å². The molecule has 0 aliphatic heterocycles. The van der Waals surface area contributed by atoms with Crippen molar-refractivity contribution >= 4 is 12.0 Å². The second-order valence-corrected chi connectivity index (χ2v) is 5.01. The van der Waals surface area contributed by atoms with Crippen molar-refractivity contribution in [3.8, 4) is 5.88 Å². The number of hydrogen-bond acceptors (Lipinski definition) is 5. The maximum absolute atomic E-state index is 12.1. The topological polar surface area (TPSA) is 68.7 Å².